The Labute approximate surface area is 97.9 Å². The van der Waals surface area contributed by atoms with Gasteiger partial charge in [0.15, 0.2) is 0 Å². The van der Waals surface area contributed by atoms with Crippen molar-refractivity contribution >= 4 is 44.5 Å². The van der Waals surface area contributed by atoms with Gasteiger partial charge in [-0.25, -0.2) is 4.79 Å². The summed E-state index contributed by atoms with van der Waals surface area (Å²) in [4.78, 5) is 11.3. The molecule has 1 aliphatic heterocycles. The molecule has 0 radical (unpaired) electrons. The summed E-state index contributed by atoms with van der Waals surface area (Å²) >= 11 is 5.68. The molecule has 0 fully saturated rings. The maximum atomic E-state index is 11.3. The number of cyclic esters (lactones) is 1. The zero-order valence-electron chi connectivity index (χ0n) is 6.64. The molecular weight excluding hydrogens is 347 g/mol. The van der Waals surface area contributed by atoms with E-state index in [9.17, 15) is 4.79 Å². The lowest BCUT2D eigenvalue weighted by molar-refractivity contribution is 0.0479. The molecule has 0 atom stereocenters. The molecule has 2 nitrogen and oxygen atoms in total. The van der Waals surface area contributed by atoms with Crippen molar-refractivity contribution in [3.05, 3.63) is 31.3 Å². The molecule has 0 aliphatic carbocycles. The van der Waals surface area contributed by atoms with Crippen LogP contribution in [0.5, 0.6) is 0 Å². The summed E-state index contributed by atoms with van der Waals surface area (Å²) in [5.41, 5.74) is 1.81. The molecule has 1 aromatic carbocycles. The Morgan fingerprint density at radius 2 is 2.23 bits per heavy atom. The molecule has 0 bridgehead atoms. The van der Waals surface area contributed by atoms with Crippen molar-refractivity contribution in [3.8, 4) is 0 Å². The van der Waals surface area contributed by atoms with Crippen LogP contribution in [0.1, 0.15) is 15.9 Å². The first-order chi connectivity index (χ1) is 6.20. The van der Waals surface area contributed by atoms with Gasteiger partial charge in [-0.2, -0.15) is 0 Å². The lowest BCUT2D eigenvalue weighted by Gasteiger charge is -2.17. The highest BCUT2D eigenvalue weighted by atomic mass is 127. The van der Waals surface area contributed by atoms with Gasteiger partial charge in [0.05, 0.1) is 12.2 Å². The van der Waals surface area contributed by atoms with E-state index in [4.69, 9.17) is 4.74 Å². The molecular formula is C9H6BrIO2. The number of halogens is 2. The number of esters is 1. The smallest absolute Gasteiger partial charge is 0.338 e. The van der Waals surface area contributed by atoms with Crippen LogP contribution >= 0.6 is 38.5 Å². The van der Waals surface area contributed by atoms with Gasteiger partial charge >= 0.3 is 5.97 Å². The van der Waals surface area contributed by atoms with Gasteiger partial charge in [-0.15, -0.1) is 0 Å². The summed E-state index contributed by atoms with van der Waals surface area (Å²) in [7, 11) is 0. The number of fused-ring (bicyclic) bond motifs is 1. The summed E-state index contributed by atoms with van der Waals surface area (Å²) in [5, 5.41) is 0. The van der Waals surface area contributed by atoms with Crippen molar-refractivity contribution in [2.75, 3.05) is 6.61 Å². The lowest BCUT2D eigenvalue weighted by atomic mass is 10.0. The molecule has 0 N–H and O–H groups in total. The van der Waals surface area contributed by atoms with Crippen LogP contribution in [0.4, 0.5) is 0 Å². The van der Waals surface area contributed by atoms with E-state index >= 15 is 0 Å². The zero-order valence-corrected chi connectivity index (χ0v) is 10.4. The van der Waals surface area contributed by atoms with Crippen LogP contribution in [0.3, 0.4) is 0 Å². The first-order valence-electron chi connectivity index (χ1n) is 3.84. The summed E-state index contributed by atoms with van der Waals surface area (Å²) in [6, 6.07) is 3.69. The van der Waals surface area contributed by atoms with Gasteiger partial charge in [0.1, 0.15) is 0 Å². The number of carbonyl (C=O) groups excluding carboxylic acids is 1. The Bertz CT molecular complexity index is 376. The third-order valence-corrected chi connectivity index (χ3v) is 4.64. The number of ether oxygens (including phenoxy) is 1. The zero-order chi connectivity index (χ0) is 9.42. The third kappa shape index (κ3) is 1.61. The highest BCUT2D eigenvalue weighted by Gasteiger charge is 2.21. The predicted octanol–water partition coefficient (Wildman–Crippen LogP) is 2.77. The van der Waals surface area contributed by atoms with Gasteiger partial charge < -0.3 is 4.74 Å². The van der Waals surface area contributed by atoms with E-state index in [1.165, 1.54) is 0 Å². The van der Waals surface area contributed by atoms with Crippen molar-refractivity contribution in [1.29, 1.82) is 0 Å². The first kappa shape index (κ1) is 9.45. The van der Waals surface area contributed by atoms with Gasteiger partial charge in [0.25, 0.3) is 0 Å². The van der Waals surface area contributed by atoms with Gasteiger partial charge in [0.2, 0.25) is 0 Å². The van der Waals surface area contributed by atoms with Crippen LogP contribution in [0.25, 0.3) is 0 Å². The average molecular weight is 353 g/mol. The second kappa shape index (κ2) is 3.57. The van der Waals surface area contributed by atoms with E-state index in [1.54, 1.807) is 0 Å². The lowest BCUT2D eigenvalue weighted by Crippen LogP contribution is -2.18. The fraction of sp³-hybridized carbons (Fsp3) is 0.222. The molecule has 0 saturated heterocycles. The minimum atomic E-state index is -0.202. The highest BCUT2D eigenvalue weighted by molar-refractivity contribution is 14.1. The molecule has 0 saturated carbocycles. The van der Waals surface area contributed by atoms with Gasteiger partial charge in [-0.05, 0) is 56.2 Å². The normalized spacial score (nSPS) is 15.1. The van der Waals surface area contributed by atoms with E-state index in [2.05, 4.69) is 38.5 Å². The summed E-state index contributed by atoms with van der Waals surface area (Å²) in [6.45, 7) is 0.498. The Kier molecular flexibility index (Phi) is 2.60. The van der Waals surface area contributed by atoms with Crippen LogP contribution < -0.4 is 0 Å². The number of hydrogen-bond acceptors (Lipinski definition) is 2. The molecule has 13 heavy (non-hydrogen) atoms. The minimum absolute atomic E-state index is 0.202. The summed E-state index contributed by atoms with van der Waals surface area (Å²) in [6.07, 6.45) is 0.818. The van der Waals surface area contributed by atoms with E-state index in [0.717, 1.165) is 20.0 Å². The Balaban J connectivity index is 2.63. The van der Waals surface area contributed by atoms with E-state index < -0.39 is 0 Å². The Hall–Kier alpha value is -0.100. The van der Waals surface area contributed by atoms with E-state index in [-0.39, 0.29) is 5.97 Å². The van der Waals surface area contributed by atoms with Gasteiger partial charge in [0, 0.05) is 14.5 Å². The SMILES string of the molecule is O=C1OCCc2c1ccc(Br)c2I. The van der Waals surface area contributed by atoms with Crippen LogP contribution in [0, 0.1) is 3.57 Å². The van der Waals surface area contributed by atoms with Crippen LogP contribution in [0.15, 0.2) is 16.6 Å². The quantitative estimate of drug-likeness (QED) is 0.530. The van der Waals surface area contributed by atoms with Crippen LogP contribution in [-0.4, -0.2) is 12.6 Å². The molecule has 4 heteroatoms. The Morgan fingerprint density at radius 3 is 3.00 bits per heavy atom. The van der Waals surface area contributed by atoms with Crippen molar-refractivity contribution < 1.29 is 9.53 Å². The standard InChI is InChI=1S/C9H6BrIO2/c10-7-2-1-6-5(8(7)11)3-4-13-9(6)12/h1-2H,3-4H2. The van der Waals surface area contributed by atoms with Crippen molar-refractivity contribution in [2.45, 2.75) is 6.42 Å². The predicted molar refractivity (Wildman–Crippen MR) is 60.8 cm³/mol. The summed E-state index contributed by atoms with van der Waals surface area (Å²) < 4.78 is 7.10. The number of rotatable bonds is 0. The fourth-order valence-corrected chi connectivity index (χ4v) is 2.46. The number of hydrogen-bond donors (Lipinski definition) is 0. The van der Waals surface area contributed by atoms with Crippen LogP contribution in [-0.2, 0) is 11.2 Å². The molecule has 0 spiro atoms. The Morgan fingerprint density at radius 1 is 1.46 bits per heavy atom. The molecule has 1 aromatic rings. The molecule has 68 valence electrons. The third-order valence-electron chi connectivity index (χ3n) is 2.00. The van der Waals surface area contributed by atoms with E-state index in [1.807, 2.05) is 12.1 Å². The van der Waals surface area contributed by atoms with Crippen molar-refractivity contribution in [2.24, 2.45) is 0 Å². The molecule has 2 rings (SSSR count). The van der Waals surface area contributed by atoms with Crippen molar-refractivity contribution in [3.63, 3.8) is 0 Å². The molecule has 1 heterocycles. The highest BCUT2D eigenvalue weighted by Crippen LogP contribution is 2.28. The first-order valence-corrected chi connectivity index (χ1v) is 5.71. The summed E-state index contributed by atoms with van der Waals surface area (Å²) in [5.74, 6) is -0.202. The molecule has 1 aliphatic rings. The monoisotopic (exact) mass is 352 g/mol. The van der Waals surface area contributed by atoms with Gasteiger partial charge in [-0.3, -0.25) is 0 Å². The second-order valence-corrected chi connectivity index (χ2v) is 4.71. The topological polar surface area (TPSA) is 26.3 Å². The molecule has 0 amide bonds. The average Bonchev–Trinajstić information content (AvgIpc) is 2.12. The van der Waals surface area contributed by atoms with Crippen molar-refractivity contribution in [1.82, 2.24) is 0 Å². The second-order valence-electron chi connectivity index (χ2n) is 2.77. The fourth-order valence-electron chi connectivity index (χ4n) is 1.35. The largest absolute Gasteiger partial charge is 0.462 e. The minimum Gasteiger partial charge on any atom is -0.462 e. The van der Waals surface area contributed by atoms with E-state index in [0.29, 0.717) is 12.2 Å². The molecule has 0 unspecified atom stereocenters. The van der Waals surface area contributed by atoms with Gasteiger partial charge in [-0.1, -0.05) is 0 Å². The number of carbonyl (C=O) groups is 1. The maximum Gasteiger partial charge on any atom is 0.338 e. The molecule has 0 aromatic heterocycles. The maximum absolute atomic E-state index is 11.3. The van der Waals surface area contributed by atoms with Crippen LogP contribution in [0.2, 0.25) is 0 Å². The number of benzene rings is 1.